The van der Waals surface area contributed by atoms with E-state index in [1.54, 1.807) is 6.92 Å². The van der Waals surface area contributed by atoms with Gasteiger partial charge in [-0.2, -0.15) is 5.26 Å². The first-order chi connectivity index (χ1) is 8.29. The van der Waals surface area contributed by atoms with E-state index in [0.29, 0.717) is 17.3 Å². The van der Waals surface area contributed by atoms with Crippen molar-refractivity contribution >= 4 is 0 Å². The molecule has 17 heavy (non-hydrogen) atoms. The van der Waals surface area contributed by atoms with Gasteiger partial charge in [-0.3, -0.25) is 0 Å². The zero-order valence-electron chi connectivity index (χ0n) is 9.51. The van der Waals surface area contributed by atoms with E-state index < -0.39 is 0 Å². The molecule has 2 aromatic rings. The molecule has 4 heteroatoms. The van der Waals surface area contributed by atoms with Gasteiger partial charge in [0.05, 0.1) is 18.2 Å². The number of aryl methyl sites for hydroxylation is 1. The van der Waals surface area contributed by atoms with Crippen molar-refractivity contribution in [2.45, 2.75) is 20.0 Å². The van der Waals surface area contributed by atoms with Crippen LogP contribution in [0.15, 0.2) is 34.7 Å². The molecule has 0 amide bonds. The predicted octanol–water partition coefficient (Wildman–Crippen LogP) is 2.63. The van der Waals surface area contributed by atoms with Gasteiger partial charge in [0.1, 0.15) is 11.5 Å². The molecule has 0 atom stereocenters. The van der Waals surface area contributed by atoms with Crippen molar-refractivity contribution in [2.24, 2.45) is 0 Å². The number of nitriles is 1. The van der Waals surface area contributed by atoms with Crippen LogP contribution in [-0.2, 0) is 13.0 Å². The van der Waals surface area contributed by atoms with Crippen LogP contribution in [0, 0.1) is 18.3 Å². The molecule has 0 aliphatic heterocycles. The zero-order chi connectivity index (χ0) is 12.1. The number of ether oxygens (including phenoxy) is 1. The summed E-state index contributed by atoms with van der Waals surface area (Å²) in [4.78, 5) is 4.20. The second kappa shape index (κ2) is 5.17. The molecule has 0 aliphatic carbocycles. The third-order valence-corrected chi connectivity index (χ3v) is 2.29. The Kier molecular flexibility index (Phi) is 3.41. The van der Waals surface area contributed by atoms with Crippen molar-refractivity contribution in [3.05, 3.63) is 47.7 Å². The van der Waals surface area contributed by atoms with E-state index in [1.807, 2.05) is 36.4 Å². The van der Waals surface area contributed by atoms with E-state index in [4.69, 9.17) is 14.4 Å². The molecule has 0 saturated heterocycles. The molecule has 0 radical (unpaired) electrons. The van der Waals surface area contributed by atoms with Crippen molar-refractivity contribution in [3.8, 4) is 11.8 Å². The molecule has 0 unspecified atom stereocenters. The monoisotopic (exact) mass is 228 g/mol. The van der Waals surface area contributed by atoms with Crippen LogP contribution in [0.5, 0.6) is 5.75 Å². The smallest absolute Gasteiger partial charge is 0.232 e. The number of rotatable bonds is 4. The second-order valence-electron chi connectivity index (χ2n) is 3.55. The Hall–Kier alpha value is -2.28. The van der Waals surface area contributed by atoms with Crippen molar-refractivity contribution in [1.82, 2.24) is 4.98 Å². The van der Waals surface area contributed by atoms with E-state index >= 15 is 0 Å². The van der Waals surface area contributed by atoms with E-state index in [1.165, 1.54) is 0 Å². The third kappa shape index (κ3) is 2.85. The quantitative estimate of drug-likeness (QED) is 0.807. The molecule has 0 bridgehead atoms. The highest BCUT2D eigenvalue weighted by atomic mass is 16.5. The van der Waals surface area contributed by atoms with Crippen molar-refractivity contribution in [2.75, 3.05) is 0 Å². The highest BCUT2D eigenvalue weighted by molar-refractivity contribution is 5.21. The fourth-order valence-corrected chi connectivity index (χ4v) is 1.45. The number of nitrogens with zero attached hydrogens (tertiary/aromatic N) is 2. The van der Waals surface area contributed by atoms with Gasteiger partial charge in [0.2, 0.25) is 5.89 Å². The van der Waals surface area contributed by atoms with E-state index in [9.17, 15) is 0 Å². The SMILES string of the molecule is Cc1oc(COc2ccccc2)nc1CC#N. The lowest BCUT2D eigenvalue weighted by Crippen LogP contribution is -1.95. The molecular weight excluding hydrogens is 216 g/mol. The predicted molar refractivity (Wildman–Crippen MR) is 61.3 cm³/mol. The summed E-state index contributed by atoms with van der Waals surface area (Å²) in [5.41, 5.74) is 0.680. The molecule has 0 saturated carbocycles. The minimum Gasteiger partial charge on any atom is -0.484 e. The van der Waals surface area contributed by atoms with Crippen molar-refractivity contribution < 1.29 is 9.15 Å². The van der Waals surface area contributed by atoms with Crippen LogP contribution >= 0.6 is 0 Å². The molecule has 2 rings (SSSR count). The Morgan fingerprint density at radius 1 is 1.35 bits per heavy atom. The fourth-order valence-electron chi connectivity index (χ4n) is 1.45. The molecule has 1 aromatic carbocycles. The molecule has 4 nitrogen and oxygen atoms in total. The molecule has 86 valence electrons. The van der Waals surface area contributed by atoms with Gasteiger partial charge in [-0.25, -0.2) is 4.98 Å². The summed E-state index contributed by atoms with van der Waals surface area (Å²) in [7, 11) is 0. The van der Waals surface area contributed by atoms with Crippen LogP contribution in [0.3, 0.4) is 0 Å². The average Bonchev–Trinajstić information content (AvgIpc) is 2.70. The topological polar surface area (TPSA) is 59.1 Å². The molecule has 1 aromatic heterocycles. The summed E-state index contributed by atoms with van der Waals surface area (Å²) in [5, 5.41) is 8.60. The maximum Gasteiger partial charge on any atom is 0.232 e. The first kappa shape index (κ1) is 11.2. The van der Waals surface area contributed by atoms with Gasteiger partial charge in [-0.05, 0) is 19.1 Å². The summed E-state index contributed by atoms with van der Waals surface area (Å²) in [6.45, 7) is 2.07. The lowest BCUT2D eigenvalue weighted by Gasteiger charge is -2.01. The van der Waals surface area contributed by atoms with E-state index in [-0.39, 0.29) is 13.0 Å². The number of oxazole rings is 1. The van der Waals surface area contributed by atoms with Crippen molar-refractivity contribution in [1.29, 1.82) is 5.26 Å². The van der Waals surface area contributed by atoms with Crippen molar-refractivity contribution in [3.63, 3.8) is 0 Å². The largest absolute Gasteiger partial charge is 0.484 e. The normalized spacial score (nSPS) is 9.88. The molecule has 0 aliphatic rings. The van der Waals surface area contributed by atoms with Gasteiger partial charge in [-0.15, -0.1) is 0 Å². The molecule has 1 heterocycles. The molecule has 0 spiro atoms. The summed E-state index contributed by atoms with van der Waals surface area (Å²) in [6.07, 6.45) is 0.265. The number of hydrogen-bond donors (Lipinski definition) is 0. The van der Waals surface area contributed by atoms with Crippen LogP contribution in [0.2, 0.25) is 0 Å². The molecular formula is C13H12N2O2. The third-order valence-electron chi connectivity index (χ3n) is 2.29. The van der Waals surface area contributed by atoms with Gasteiger partial charge in [0.15, 0.2) is 6.61 Å². The Morgan fingerprint density at radius 2 is 2.12 bits per heavy atom. The lowest BCUT2D eigenvalue weighted by molar-refractivity contribution is 0.260. The van der Waals surface area contributed by atoms with E-state index in [2.05, 4.69) is 4.98 Å². The van der Waals surface area contributed by atoms with Crippen LogP contribution < -0.4 is 4.74 Å². The first-order valence-corrected chi connectivity index (χ1v) is 5.29. The number of aromatic nitrogens is 1. The Balaban J connectivity index is 2.00. The molecule has 0 fully saturated rings. The summed E-state index contributed by atoms with van der Waals surface area (Å²) in [6, 6.07) is 11.5. The average molecular weight is 228 g/mol. The van der Waals surface area contributed by atoms with Crippen LogP contribution in [-0.4, -0.2) is 4.98 Å². The highest BCUT2D eigenvalue weighted by Gasteiger charge is 2.09. The molecule has 0 N–H and O–H groups in total. The highest BCUT2D eigenvalue weighted by Crippen LogP contribution is 2.14. The van der Waals surface area contributed by atoms with Crippen LogP contribution in [0.25, 0.3) is 0 Å². The summed E-state index contributed by atoms with van der Waals surface area (Å²) < 4.78 is 10.9. The maximum atomic E-state index is 8.60. The van der Waals surface area contributed by atoms with Gasteiger partial charge in [-0.1, -0.05) is 18.2 Å². The van der Waals surface area contributed by atoms with Crippen LogP contribution in [0.4, 0.5) is 0 Å². The van der Waals surface area contributed by atoms with Gasteiger partial charge >= 0.3 is 0 Å². The summed E-state index contributed by atoms with van der Waals surface area (Å²) in [5.74, 6) is 1.94. The van der Waals surface area contributed by atoms with Crippen LogP contribution in [0.1, 0.15) is 17.3 Å². The summed E-state index contributed by atoms with van der Waals surface area (Å²) >= 11 is 0. The standard InChI is InChI=1S/C13H12N2O2/c1-10-12(7-8-14)15-13(17-10)9-16-11-5-3-2-4-6-11/h2-6H,7,9H2,1H3. The van der Waals surface area contributed by atoms with Gasteiger partial charge in [0, 0.05) is 0 Å². The minimum absolute atomic E-state index is 0.265. The zero-order valence-corrected chi connectivity index (χ0v) is 9.51. The van der Waals surface area contributed by atoms with E-state index in [0.717, 1.165) is 5.75 Å². The first-order valence-electron chi connectivity index (χ1n) is 5.29. The number of hydrogen-bond acceptors (Lipinski definition) is 4. The maximum absolute atomic E-state index is 8.60. The number of benzene rings is 1. The lowest BCUT2D eigenvalue weighted by atomic mass is 10.3. The Labute approximate surface area is 99.5 Å². The number of para-hydroxylation sites is 1. The Bertz CT molecular complexity index is 526. The van der Waals surface area contributed by atoms with Gasteiger partial charge in [0.25, 0.3) is 0 Å². The second-order valence-corrected chi connectivity index (χ2v) is 3.55. The van der Waals surface area contributed by atoms with Gasteiger partial charge < -0.3 is 9.15 Å². The Morgan fingerprint density at radius 3 is 2.82 bits per heavy atom. The fraction of sp³-hybridized carbons (Fsp3) is 0.231. The minimum atomic E-state index is 0.265.